The van der Waals surface area contributed by atoms with E-state index in [4.69, 9.17) is 10.3 Å². The van der Waals surface area contributed by atoms with Gasteiger partial charge in [0.05, 0.1) is 12.4 Å². The van der Waals surface area contributed by atoms with Crippen molar-refractivity contribution in [3.63, 3.8) is 0 Å². The van der Waals surface area contributed by atoms with Crippen molar-refractivity contribution in [2.75, 3.05) is 18.0 Å². The number of rotatable bonds is 4. The molecule has 2 aromatic heterocycles. The number of nitrogens with two attached hydrogens (primary N) is 1. The Balaban J connectivity index is 1.42. The van der Waals surface area contributed by atoms with Gasteiger partial charge in [0.15, 0.2) is 5.82 Å². The molecule has 0 aromatic carbocycles. The van der Waals surface area contributed by atoms with Crippen LogP contribution in [0.15, 0.2) is 16.9 Å². The summed E-state index contributed by atoms with van der Waals surface area (Å²) in [5, 5.41) is 4.14. The molecule has 2 aliphatic rings. The molecule has 1 amide bonds. The minimum absolute atomic E-state index is 0.192. The molecule has 0 bridgehead atoms. The van der Waals surface area contributed by atoms with Gasteiger partial charge in [0.25, 0.3) is 5.91 Å². The first-order valence-corrected chi connectivity index (χ1v) is 7.91. The van der Waals surface area contributed by atoms with Crippen molar-refractivity contribution in [2.45, 2.75) is 37.5 Å². The van der Waals surface area contributed by atoms with Crippen LogP contribution in [0.4, 0.5) is 5.82 Å². The molecule has 1 saturated carbocycles. The first kappa shape index (κ1) is 14.1. The number of carbonyl (C=O) groups is 1. The van der Waals surface area contributed by atoms with Gasteiger partial charge < -0.3 is 15.2 Å². The Morgan fingerprint density at radius 1 is 1.13 bits per heavy atom. The number of anilines is 1. The fourth-order valence-electron chi connectivity index (χ4n) is 2.90. The van der Waals surface area contributed by atoms with E-state index in [9.17, 15) is 4.79 Å². The van der Waals surface area contributed by atoms with Crippen molar-refractivity contribution in [3.8, 4) is 0 Å². The van der Waals surface area contributed by atoms with Crippen LogP contribution in [0.25, 0.3) is 0 Å². The molecule has 8 heteroatoms. The van der Waals surface area contributed by atoms with E-state index in [2.05, 4.69) is 25.0 Å². The lowest BCUT2D eigenvalue weighted by atomic mass is 9.96. The van der Waals surface area contributed by atoms with Gasteiger partial charge in [-0.15, -0.1) is 0 Å². The molecule has 2 fully saturated rings. The molecule has 3 heterocycles. The standard InChI is InChI=1S/C15H18N6O2/c16-13(22)11-7-17-8-12(18-11)21-5-3-9(4-6-21)14-19-15(23-20-14)10-1-2-10/h7-10H,1-6H2,(H2,16,22). The smallest absolute Gasteiger partial charge is 0.268 e. The van der Waals surface area contributed by atoms with Crippen LogP contribution in [0.3, 0.4) is 0 Å². The Labute approximate surface area is 133 Å². The van der Waals surface area contributed by atoms with Crippen LogP contribution in [0, 0.1) is 0 Å². The summed E-state index contributed by atoms with van der Waals surface area (Å²) in [5.41, 5.74) is 5.45. The number of nitrogens with zero attached hydrogens (tertiary/aromatic N) is 5. The summed E-state index contributed by atoms with van der Waals surface area (Å²) >= 11 is 0. The Kier molecular flexibility index (Phi) is 3.44. The zero-order valence-electron chi connectivity index (χ0n) is 12.7. The molecule has 1 aliphatic heterocycles. The first-order valence-electron chi connectivity index (χ1n) is 7.91. The Hall–Kier alpha value is -2.51. The molecular formula is C15H18N6O2. The highest BCUT2D eigenvalue weighted by atomic mass is 16.5. The number of hydrogen-bond donors (Lipinski definition) is 1. The van der Waals surface area contributed by atoms with Crippen molar-refractivity contribution in [2.24, 2.45) is 5.73 Å². The van der Waals surface area contributed by atoms with Gasteiger partial charge in [0, 0.05) is 24.9 Å². The minimum Gasteiger partial charge on any atom is -0.364 e. The highest BCUT2D eigenvalue weighted by molar-refractivity contribution is 5.90. The van der Waals surface area contributed by atoms with Crippen molar-refractivity contribution < 1.29 is 9.32 Å². The lowest BCUT2D eigenvalue weighted by Gasteiger charge is -2.31. The number of hydrogen-bond acceptors (Lipinski definition) is 7. The largest absolute Gasteiger partial charge is 0.364 e. The van der Waals surface area contributed by atoms with Crippen molar-refractivity contribution in [1.82, 2.24) is 20.1 Å². The number of piperidine rings is 1. The van der Waals surface area contributed by atoms with Crippen molar-refractivity contribution in [1.29, 1.82) is 0 Å². The summed E-state index contributed by atoms with van der Waals surface area (Å²) in [6, 6.07) is 0. The third-order valence-corrected chi connectivity index (χ3v) is 4.44. The van der Waals surface area contributed by atoms with Gasteiger partial charge in [-0.1, -0.05) is 5.16 Å². The Morgan fingerprint density at radius 3 is 2.61 bits per heavy atom. The second-order valence-electron chi connectivity index (χ2n) is 6.15. The molecule has 4 rings (SSSR count). The fraction of sp³-hybridized carbons (Fsp3) is 0.533. The lowest BCUT2D eigenvalue weighted by Crippen LogP contribution is -2.34. The quantitative estimate of drug-likeness (QED) is 0.903. The molecule has 0 spiro atoms. The van der Waals surface area contributed by atoms with Crippen LogP contribution in [-0.2, 0) is 0 Å². The van der Waals surface area contributed by atoms with Crippen LogP contribution in [0.2, 0.25) is 0 Å². The zero-order chi connectivity index (χ0) is 15.8. The van der Waals surface area contributed by atoms with Crippen LogP contribution in [0.5, 0.6) is 0 Å². The van der Waals surface area contributed by atoms with Crippen molar-refractivity contribution >= 4 is 11.7 Å². The summed E-state index contributed by atoms with van der Waals surface area (Å²) in [6.45, 7) is 1.63. The average Bonchev–Trinajstić information content (AvgIpc) is 3.32. The maximum Gasteiger partial charge on any atom is 0.268 e. The predicted octanol–water partition coefficient (Wildman–Crippen LogP) is 1.22. The van der Waals surface area contributed by atoms with Gasteiger partial charge in [-0.25, -0.2) is 4.98 Å². The van der Waals surface area contributed by atoms with E-state index in [0.717, 1.165) is 50.5 Å². The van der Waals surface area contributed by atoms with Gasteiger partial charge in [-0.2, -0.15) is 4.98 Å². The Morgan fingerprint density at radius 2 is 1.91 bits per heavy atom. The van der Waals surface area contributed by atoms with Crippen LogP contribution < -0.4 is 10.6 Å². The van der Waals surface area contributed by atoms with Crippen molar-refractivity contribution in [3.05, 3.63) is 29.8 Å². The molecule has 8 nitrogen and oxygen atoms in total. The summed E-state index contributed by atoms with van der Waals surface area (Å²) in [4.78, 5) is 26.2. The fourth-order valence-corrected chi connectivity index (χ4v) is 2.90. The lowest BCUT2D eigenvalue weighted by molar-refractivity contribution is 0.0995. The van der Waals surface area contributed by atoms with Gasteiger partial charge in [0.2, 0.25) is 5.89 Å². The maximum atomic E-state index is 11.2. The van der Waals surface area contributed by atoms with E-state index in [0.29, 0.717) is 17.7 Å². The minimum atomic E-state index is -0.561. The Bertz CT molecular complexity index is 718. The molecular weight excluding hydrogens is 296 g/mol. The van der Waals surface area contributed by atoms with E-state index >= 15 is 0 Å². The average molecular weight is 314 g/mol. The molecule has 1 aliphatic carbocycles. The van der Waals surface area contributed by atoms with Gasteiger partial charge >= 0.3 is 0 Å². The SMILES string of the molecule is NC(=O)c1cncc(N2CCC(c3noc(C4CC4)n3)CC2)n1. The summed E-state index contributed by atoms with van der Waals surface area (Å²) in [7, 11) is 0. The van der Waals surface area contributed by atoms with E-state index in [1.54, 1.807) is 6.20 Å². The first-order chi connectivity index (χ1) is 11.2. The van der Waals surface area contributed by atoms with Gasteiger partial charge in [-0.3, -0.25) is 9.78 Å². The number of carbonyl (C=O) groups excluding carboxylic acids is 1. The highest BCUT2D eigenvalue weighted by Crippen LogP contribution is 2.39. The third-order valence-electron chi connectivity index (χ3n) is 4.44. The summed E-state index contributed by atoms with van der Waals surface area (Å²) in [6.07, 6.45) is 7.21. The summed E-state index contributed by atoms with van der Waals surface area (Å²) < 4.78 is 5.35. The predicted molar refractivity (Wildman–Crippen MR) is 81.0 cm³/mol. The highest BCUT2D eigenvalue weighted by Gasteiger charge is 2.32. The molecule has 1 saturated heterocycles. The summed E-state index contributed by atoms with van der Waals surface area (Å²) in [5.74, 6) is 2.55. The second kappa shape index (κ2) is 5.60. The molecule has 120 valence electrons. The molecule has 23 heavy (non-hydrogen) atoms. The molecule has 0 radical (unpaired) electrons. The van der Waals surface area contributed by atoms with Crippen LogP contribution in [0.1, 0.15) is 59.7 Å². The third kappa shape index (κ3) is 2.88. The van der Waals surface area contributed by atoms with Gasteiger partial charge in [0.1, 0.15) is 11.5 Å². The topological polar surface area (TPSA) is 111 Å². The zero-order valence-corrected chi connectivity index (χ0v) is 12.7. The van der Waals surface area contributed by atoms with E-state index in [1.165, 1.54) is 6.20 Å². The number of primary amides is 1. The molecule has 0 atom stereocenters. The molecule has 2 aromatic rings. The molecule has 0 unspecified atom stereocenters. The van der Waals surface area contributed by atoms with Gasteiger partial charge in [-0.05, 0) is 25.7 Å². The van der Waals surface area contributed by atoms with E-state index < -0.39 is 5.91 Å². The molecule has 2 N–H and O–H groups in total. The number of amides is 1. The maximum absolute atomic E-state index is 11.2. The monoisotopic (exact) mass is 314 g/mol. The second-order valence-corrected chi connectivity index (χ2v) is 6.15. The van der Waals surface area contributed by atoms with E-state index in [-0.39, 0.29) is 5.69 Å². The normalized spacial score (nSPS) is 19.0. The van der Waals surface area contributed by atoms with E-state index in [1.807, 2.05) is 0 Å². The van der Waals surface area contributed by atoms with Crippen LogP contribution in [-0.4, -0.2) is 39.1 Å². The number of aromatic nitrogens is 4. The van der Waals surface area contributed by atoms with Crippen LogP contribution >= 0.6 is 0 Å².